The Hall–Kier alpha value is -2.24. The lowest BCUT2D eigenvalue weighted by Gasteiger charge is -2.18. The Morgan fingerprint density at radius 1 is 1.27 bits per heavy atom. The highest BCUT2D eigenvalue weighted by Crippen LogP contribution is 2.31. The quantitative estimate of drug-likeness (QED) is 0.942. The summed E-state index contributed by atoms with van der Waals surface area (Å²) in [4.78, 5) is 21.4. The number of rotatable bonds is 3. The molecule has 22 heavy (non-hydrogen) atoms. The van der Waals surface area contributed by atoms with Crippen molar-refractivity contribution >= 4 is 11.6 Å². The highest BCUT2D eigenvalue weighted by atomic mass is 16.1. The fourth-order valence-electron chi connectivity index (χ4n) is 3.01. The summed E-state index contributed by atoms with van der Waals surface area (Å²) in [6.07, 6.45) is 1.39. The van der Waals surface area contributed by atoms with Gasteiger partial charge in [-0.15, -0.1) is 5.10 Å². The zero-order valence-electron chi connectivity index (χ0n) is 13.5. The maximum Gasteiger partial charge on any atom is 0.251 e. The molecule has 0 aromatic carbocycles. The third-order valence-corrected chi connectivity index (χ3v) is 3.84. The van der Waals surface area contributed by atoms with Gasteiger partial charge in [0.15, 0.2) is 11.6 Å². The van der Waals surface area contributed by atoms with Gasteiger partial charge in [0.25, 0.3) is 5.95 Å². The molecule has 6 nitrogen and oxygen atoms in total. The third kappa shape index (κ3) is 2.49. The van der Waals surface area contributed by atoms with Gasteiger partial charge in [-0.05, 0) is 39.2 Å². The van der Waals surface area contributed by atoms with Crippen LogP contribution in [0.25, 0.3) is 5.95 Å². The zero-order valence-corrected chi connectivity index (χ0v) is 13.5. The molecule has 2 aromatic heterocycles. The Kier molecular flexibility index (Phi) is 3.68. The van der Waals surface area contributed by atoms with Crippen LogP contribution >= 0.6 is 0 Å². The number of nitrogens with one attached hydrogen (secondary N) is 1. The molecule has 1 aliphatic rings. The van der Waals surface area contributed by atoms with E-state index in [1.54, 1.807) is 4.68 Å². The summed E-state index contributed by atoms with van der Waals surface area (Å²) in [7, 11) is 0. The Balaban J connectivity index is 2.19. The van der Waals surface area contributed by atoms with Gasteiger partial charge < -0.3 is 5.32 Å². The van der Waals surface area contributed by atoms with E-state index >= 15 is 0 Å². The minimum absolute atomic E-state index is 0.153. The molecule has 2 aromatic rings. The lowest BCUT2D eigenvalue weighted by molar-refractivity contribution is 0.0953. The Bertz CT molecular complexity index is 714. The summed E-state index contributed by atoms with van der Waals surface area (Å²) >= 11 is 0. The van der Waals surface area contributed by atoms with Gasteiger partial charge in [0.05, 0.1) is 11.3 Å². The average Bonchev–Trinajstić information content (AvgIpc) is 2.77. The lowest BCUT2D eigenvalue weighted by atomic mass is 9.88. The molecule has 0 saturated carbocycles. The van der Waals surface area contributed by atoms with Crippen molar-refractivity contribution in [2.75, 3.05) is 11.9 Å². The summed E-state index contributed by atoms with van der Waals surface area (Å²) in [5.74, 6) is 1.66. The van der Waals surface area contributed by atoms with Crippen LogP contribution in [0.3, 0.4) is 0 Å². The highest BCUT2D eigenvalue weighted by Gasteiger charge is 2.31. The topological polar surface area (TPSA) is 72.7 Å². The van der Waals surface area contributed by atoms with Crippen molar-refractivity contribution in [1.82, 2.24) is 19.7 Å². The van der Waals surface area contributed by atoms with Crippen LogP contribution in [0.5, 0.6) is 0 Å². The smallest absolute Gasteiger partial charge is 0.251 e. The number of carbonyl (C=O) groups is 1. The minimum atomic E-state index is 0.153. The van der Waals surface area contributed by atoms with Crippen LogP contribution in [0.4, 0.5) is 5.82 Å². The number of hydrogen-bond acceptors (Lipinski definition) is 5. The summed E-state index contributed by atoms with van der Waals surface area (Å²) in [6.45, 7) is 8.68. The van der Waals surface area contributed by atoms with Crippen LogP contribution < -0.4 is 5.32 Å². The number of fused-ring (bicyclic) bond motifs is 1. The number of anilines is 1. The van der Waals surface area contributed by atoms with E-state index in [2.05, 4.69) is 27.3 Å². The van der Waals surface area contributed by atoms with Crippen molar-refractivity contribution in [3.63, 3.8) is 0 Å². The van der Waals surface area contributed by atoms with Crippen LogP contribution in [0.1, 0.15) is 47.7 Å². The summed E-state index contributed by atoms with van der Waals surface area (Å²) < 4.78 is 1.74. The van der Waals surface area contributed by atoms with Crippen LogP contribution in [0, 0.1) is 19.8 Å². The average molecular weight is 299 g/mol. The second kappa shape index (κ2) is 5.51. The van der Waals surface area contributed by atoms with E-state index in [0.717, 1.165) is 30.0 Å². The van der Waals surface area contributed by atoms with Crippen LogP contribution in [-0.2, 0) is 6.42 Å². The van der Waals surface area contributed by atoms with Gasteiger partial charge in [-0.2, -0.15) is 0 Å². The first-order valence-corrected chi connectivity index (χ1v) is 7.71. The zero-order chi connectivity index (χ0) is 15.9. The monoisotopic (exact) mass is 299 g/mol. The SMILES string of the molecule is CCNc1nn(-c2nc(C)cc(C)n2)c2c1C(=O)C[C@H](C)C2. The van der Waals surface area contributed by atoms with Crippen molar-refractivity contribution in [3.05, 3.63) is 28.7 Å². The van der Waals surface area contributed by atoms with E-state index in [-0.39, 0.29) is 5.78 Å². The Labute approximate surface area is 130 Å². The van der Waals surface area contributed by atoms with E-state index < -0.39 is 0 Å². The van der Waals surface area contributed by atoms with Crippen molar-refractivity contribution in [2.45, 2.75) is 40.5 Å². The minimum Gasteiger partial charge on any atom is -0.368 e. The number of ketones is 1. The summed E-state index contributed by atoms with van der Waals surface area (Å²) in [5, 5.41) is 7.77. The normalized spacial score (nSPS) is 17.5. The third-order valence-electron chi connectivity index (χ3n) is 3.84. The molecule has 0 radical (unpaired) electrons. The Morgan fingerprint density at radius 3 is 2.59 bits per heavy atom. The van der Waals surface area contributed by atoms with Crippen molar-refractivity contribution in [3.8, 4) is 5.95 Å². The van der Waals surface area contributed by atoms with Crippen LogP contribution in [0.15, 0.2) is 6.07 Å². The van der Waals surface area contributed by atoms with Gasteiger partial charge in [0, 0.05) is 24.4 Å². The maximum atomic E-state index is 12.4. The number of hydrogen-bond donors (Lipinski definition) is 1. The molecule has 0 amide bonds. The van der Waals surface area contributed by atoms with Gasteiger partial charge in [-0.1, -0.05) is 6.92 Å². The number of aromatic nitrogens is 4. The molecule has 1 atom stereocenters. The van der Waals surface area contributed by atoms with E-state index in [9.17, 15) is 4.79 Å². The largest absolute Gasteiger partial charge is 0.368 e. The molecule has 0 unspecified atom stereocenters. The molecule has 0 saturated heterocycles. The van der Waals surface area contributed by atoms with Crippen molar-refractivity contribution < 1.29 is 4.79 Å². The van der Waals surface area contributed by atoms with Gasteiger partial charge in [0.2, 0.25) is 0 Å². The number of nitrogens with zero attached hydrogens (tertiary/aromatic N) is 4. The molecule has 3 rings (SSSR count). The van der Waals surface area contributed by atoms with Crippen molar-refractivity contribution in [1.29, 1.82) is 0 Å². The molecule has 1 N–H and O–H groups in total. The molecular weight excluding hydrogens is 278 g/mol. The number of carbonyl (C=O) groups excluding carboxylic acids is 1. The molecule has 116 valence electrons. The molecule has 2 heterocycles. The molecule has 0 fully saturated rings. The second-order valence-corrected chi connectivity index (χ2v) is 6.00. The molecule has 0 aliphatic heterocycles. The van der Waals surface area contributed by atoms with E-state index in [0.29, 0.717) is 29.7 Å². The summed E-state index contributed by atoms with van der Waals surface area (Å²) in [6, 6.07) is 1.93. The molecule has 6 heteroatoms. The predicted octanol–water partition coefficient (Wildman–Crippen LogP) is 2.48. The van der Waals surface area contributed by atoms with Crippen molar-refractivity contribution in [2.24, 2.45) is 5.92 Å². The molecule has 0 bridgehead atoms. The van der Waals surface area contributed by atoms with E-state index in [1.165, 1.54) is 0 Å². The molecule has 0 spiro atoms. The summed E-state index contributed by atoms with van der Waals surface area (Å²) in [5.41, 5.74) is 3.42. The van der Waals surface area contributed by atoms with Gasteiger partial charge in [-0.25, -0.2) is 14.6 Å². The molecular formula is C16H21N5O. The van der Waals surface area contributed by atoms with Crippen LogP contribution in [0.2, 0.25) is 0 Å². The fourth-order valence-corrected chi connectivity index (χ4v) is 3.01. The number of aryl methyl sites for hydroxylation is 2. The highest BCUT2D eigenvalue weighted by molar-refractivity contribution is 6.02. The first kappa shape index (κ1) is 14.7. The van der Waals surface area contributed by atoms with Crippen LogP contribution in [-0.4, -0.2) is 32.1 Å². The molecule has 1 aliphatic carbocycles. The van der Waals surface area contributed by atoms with Gasteiger partial charge in [0.1, 0.15) is 0 Å². The first-order valence-electron chi connectivity index (χ1n) is 7.71. The van der Waals surface area contributed by atoms with Gasteiger partial charge in [-0.3, -0.25) is 4.79 Å². The second-order valence-electron chi connectivity index (χ2n) is 6.00. The first-order chi connectivity index (χ1) is 10.5. The number of Topliss-reactive ketones (excluding diaryl/α,β-unsaturated/α-hetero) is 1. The standard InChI is InChI=1S/C16H21N5O/c1-5-17-15-14-12(6-9(2)7-13(14)22)21(20-15)16-18-10(3)8-11(4)19-16/h8-9H,5-7H2,1-4H3,(H,17,20)/t9-/m1/s1. The van der Waals surface area contributed by atoms with E-state index in [4.69, 9.17) is 0 Å². The lowest BCUT2D eigenvalue weighted by Crippen LogP contribution is -2.20. The fraction of sp³-hybridized carbons (Fsp3) is 0.500. The van der Waals surface area contributed by atoms with Gasteiger partial charge >= 0.3 is 0 Å². The Morgan fingerprint density at radius 2 is 1.95 bits per heavy atom. The van der Waals surface area contributed by atoms with E-state index in [1.807, 2.05) is 26.8 Å². The maximum absolute atomic E-state index is 12.4. The predicted molar refractivity (Wildman–Crippen MR) is 84.6 cm³/mol.